The van der Waals surface area contributed by atoms with E-state index in [-0.39, 0.29) is 45.6 Å². The summed E-state index contributed by atoms with van der Waals surface area (Å²) in [5.74, 6) is -1.70. The molecule has 0 aliphatic heterocycles. The molecule has 12 heteroatoms. The number of ether oxygens (including phenoxy) is 1. The van der Waals surface area contributed by atoms with Crippen LogP contribution in [0.15, 0.2) is 0 Å². The molecule has 0 bridgehead atoms. The molecule has 0 amide bonds. The summed E-state index contributed by atoms with van der Waals surface area (Å²) < 4.78 is 48.1. The van der Waals surface area contributed by atoms with Crippen molar-refractivity contribution >= 4 is 27.1 Å². The number of carboxylic acids is 1. The van der Waals surface area contributed by atoms with Crippen molar-refractivity contribution in [3.05, 3.63) is 0 Å². The lowest BCUT2D eigenvalue weighted by Crippen LogP contribution is -2.22. The number of hydrogen-bond donors (Lipinski definition) is 1. The molecular formula is C16H34O10P2. The maximum atomic E-state index is 12.0. The number of carbonyl (C=O) groups excluding carboxylic acids is 1. The van der Waals surface area contributed by atoms with Crippen LogP contribution >= 0.6 is 15.2 Å². The lowest BCUT2D eigenvalue weighted by molar-refractivity contribution is -0.140. The number of carbonyl (C=O) groups is 2. The topological polar surface area (TPSA) is 135 Å². The van der Waals surface area contributed by atoms with Gasteiger partial charge in [-0.25, -0.2) is 0 Å². The maximum Gasteiger partial charge on any atom is 0.344 e. The van der Waals surface area contributed by atoms with Gasteiger partial charge in [-0.1, -0.05) is 6.92 Å². The first-order chi connectivity index (χ1) is 13.1. The largest absolute Gasteiger partial charge is 0.481 e. The van der Waals surface area contributed by atoms with Gasteiger partial charge in [0.15, 0.2) is 5.66 Å². The smallest absolute Gasteiger partial charge is 0.344 e. The van der Waals surface area contributed by atoms with Crippen molar-refractivity contribution in [3.8, 4) is 0 Å². The van der Waals surface area contributed by atoms with E-state index in [1.165, 1.54) is 0 Å². The summed E-state index contributed by atoms with van der Waals surface area (Å²) >= 11 is 0. The van der Waals surface area contributed by atoms with Crippen LogP contribution in [-0.2, 0) is 41.6 Å². The lowest BCUT2D eigenvalue weighted by atomic mass is 10.3. The van der Waals surface area contributed by atoms with Crippen molar-refractivity contribution in [2.45, 2.75) is 53.6 Å². The molecule has 0 heterocycles. The van der Waals surface area contributed by atoms with Gasteiger partial charge in [0.2, 0.25) is 0 Å². The van der Waals surface area contributed by atoms with E-state index in [1.807, 2.05) is 0 Å². The van der Waals surface area contributed by atoms with Gasteiger partial charge in [-0.3, -0.25) is 18.7 Å². The zero-order valence-electron chi connectivity index (χ0n) is 17.5. The van der Waals surface area contributed by atoms with Gasteiger partial charge in [0.25, 0.3) is 0 Å². The molecule has 0 aliphatic carbocycles. The second kappa shape index (κ2) is 16.1. The standard InChI is InChI=1S/2C8H17O5P/c1-4-11-8(9)7-14(10,12-5-2)13-6-3;1-4-7(8(9)10)14(11,12-5-2)13-6-3/h4-7H2,1-3H3;7H,4-6H2,1-3H3,(H,9,10). The van der Waals surface area contributed by atoms with E-state index in [2.05, 4.69) is 4.74 Å². The zero-order valence-corrected chi connectivity index (χ0v) is 19.3. The Morgan fingerprint density at radius 2 is 1.21 bits per heavy atom. The van der Waals surface area contributed by atoms with Gasteiger partial charge in [-0.05, 0) is 41.0 Å². The molecule has 0 rings (SSSR count). The SMILES string of the molecule is CCOC(=O)CP(=O)(OCC)OCC.CCOP(=O)(OCC)C(CC)C(=O)O. The summed E-state index contributed by atoms with van der Waals surface area (Å²) in [6.07, 6.45) is -0.0882. The minimum atomic E-state index is -3.49. The highest BCUT2D eigenvalue weighted by Crippen LogP contribution is 2.54. The van der Waals surface area contributed by atoms with Gasteiger partial charge >= 0.3 is 27.1 Å². The summed E-state index contributed by atoms with van der Waals surface area (Å²) in [6, 6.07) is 0. The fourth-order valence-electron chi connectivity index (χ4n) is 2.00. The molecule has 0 aromatic heterocycles. The molecular weight excluding hydrogens is 414 g/mol. The van der Waals surface area contributed by atoms with Crippen molar-refractivity contribution in [1.29, 1.82) is 0 Å². The number of rotatable bonds is 14. The van der Waals surface area contributed by atoms with E-state index < -0.39 is 32.8 Å². The van der Waals surface area contributed by atoms with Gasteiger partial charge in [0, 0.05) is 0 Å². The first-order valence-corrected chi connectivity index (χ1v) is 12.6. The molecule has 0 saturated carbocycles. The van der Waals surface area contributed by atoms with E-state index in [4.69, 9.17) is 23.2 Å². The average Bonchev–Trinajstić information content (AvgIpc) is 2.56. The molecule has 0 aromatic carbocycles. The molecule has 0 aliphatic rings. The Labute approximate surface area is 167 Å². The predicted molar refractivity (Wildman–Crippen MR) is 105 cm³/mol. The van der Waals surface area contributed by atoms with Crippen LogP contribution in [0.25, 0.3) is 0 Å². The number of aliphatic carboxylic acids is 1. The van der Waals surface area contributed by atoms with Gasteiger partial charge < -0.3 is 27.9 Å². The third-order valence-corrected chi connectivity index (χ3v) is 7.49. The average molecular weight is 448 g/mol. The zero-order chi connectivity index (χ0) is 22.2. The van der Waals surface area contributed by atoms with Gasteiger partial charge in [-0.2, -0.15) is 0 Å². The highest BCUT2D eigenvalue weighted by atomic mass is 31.2. The molecule has 1 unspecified atom stereocenters. The van der Waals surface area contributed by atoms with Crippen LogP contribution in [-0.4, -0.2) is 61.9 Å². The Hall–Kier alpha value is -0.760. The molecule has 10 nitrogen and oxygen atoms in total. The highest BCUT2D eigenvalue weighted by Gasteiger charge is 2.39. The summed E-state index contributed by atoms with van der Waals surface area (Å²) in [7, 11) is -6.76. The van der Waals surface area contributed by atoms with Crippen molar-refractivity contribution in [1.82, 2.24) is 0 Å². The second-order valence-corrected chi connectivity index (χ2v) is 9.32. The van der Waals surface area contributed by atoms with Crippen molar-refractivity contribution in [2.24, 2.45) is 0 Å². The van der Waals surface area contributed by atoms with E-state index >= 15 is 0 Å². The first kappa shape index (κ1) is 29.4. The van der Waals surface area contributed by atoms with Crippen molar-refractivity contribution < 1.29 is 46.7 Å². The van der Waals surface area contributed by atoms with E-state index in [1.54, 1.807) is 41.5 Å². The van der Waals surface area contributed by atoms with Crippen molar-refractivity contribution in [3.63, 3.8) is 0 Å². The second-order valence-electron chi connectivity index (χ2n) is 5.05. The molecule has 0 spiro atoms. The molecule has 1 N–H and O–H groups in total. The Kier molecular flexibility index (Phi) is 16.9. The maximum absolute atomic E-state index is 12.0. The fraction of sp³-hybridized carbons (Fsp3) is 0.875. The van der Waals surface area contributed by atoms with E-state index in [0.29, 0.717) is 0 Å². The number of esters is 1. The molecule has 28 heavy (non-hydrogen) atoms. The lowest BCUT2D eigenvalue weighted by Gasteiger charge is -2.21. The van der Waals surface area contributed by atoms with Crippen LogP contribution in [0.3, 0.4) is 0 Å². The van der Waals surface area contributed by atoms with Gasteiger partial charge in [-0.15, -0.1) is 0 Å². The minimum absolute atomic E-state index is 0.182. The quantitative estimate of drug-likeness (QED) is 0.307. The Balaban J connectivity index is 0. The van der Waals surface area contributed by atoms with Crippen LogP contribution in [0.1, 0.15) is 48.0 Å². The molecule has 168 valence electrons. The Bertz CT molecular complexity index is 516. The molecule has 0 radical (unpaired) electrons. The van der Waals surface area contributed by atoms with Gasteiger partial charge in [0.05, 0.1) is 33.0 Å². The monoisotopic (exact) mass is 448 g/mol. The third kappa shape index (κ3) is 11.9. The molecule has 1 atom stereocenters. The molecule has 0 fully saturated rings. The van der Waals surface area contributed by atoms with Gasteiger partial charge in [0.1, 0.15) is 6.16 Å². The third-order valence-electron chi connectivity index (χ3n) is 2.95. The number of carboxylic acid groups (broad SMARTS) is 1. The van der Waals surface area contributed by atoms with Crippen LogP contribution in [0.4, 0.5) is 0 Å². The highest BCUT2D eigenvalue weighted by molar-refractivity contribution is 7.55. The normalized spacial score (nSPS) is 12.6. The molecule has 0 aromatic rings. The minimum Gasteiger partial charge on any atom is -0.481 e. The Morgan fingerprint density at radius 1 is 0.786 bits per heavy atom. The first-order valence-electron chi connectivity index (χ1n) is 9.24. The van der Waals surface area contributed by atoms with Crippen molar-refractivity contribution in [2.75, 3.05) is 39.2 Å². The number of hydrogen-bond acceptors (Lipinski definition) is 9. The van der Waals surface area contributed by atoms with E-state index in [0.717, 1.165) is 0 Å². The summed E-state index contributed by atoms with van der Waals surface area (Å²) in [5.41, 5.74) is -1.07. The molecule has 0 saturated heterocycles. The van der Waals surface area contributed by atoms with Crippen LogP contribution < -0.4 is 0 Å². The van der Waals surface area contributed by atoms with Crippen LogP contribution in [0.5, 0.6) is 0 Å². The van der Waals surface area contributed by atoms with Crippen LogP contribution in [0.2, 0.25) is 0 Å². The summed E-state index contributed by atoms with van der Waals surface area (Å²) in [6.45, 7) is 11.1. The predicted octanol–water partition coefficient (Wildman–Crippen LogP) is 3.93. The summed E-state index contributed by atoms with van der Waals surface area (Å²) in [4.78, 5) is 21.8. The van der Waals surface area contributed by atoms with Crippen LogP contribution in [0, 0.1) is 0 Å². The summed E-state index contributed by atoms with van der Waals surface area (Å²) in [5, 5.41) is 8.83. The van der Waals surface area contributed by atoms with E-state index in [9.17, 15) is 18.7 Å². The fourth-order valence-corrected chi connectivity index (χ4v) is 5.32. The Morgan fingerprint density at radius 3 is 1.50 bits per heavy atom.